The quantitative estimate of drug-likeness (QED) is 0.928. The Morgan fingerprint density at radius 1 is 1.21 bits per heavy atom. The van der Waals surface area contributed by atoms with Gasteiger partial charge in [-0.05, 0) is 43.3 Å². The zero-order valence-corrected chi connectivity index (χ0v) is 11.1. The molecule has 0 amide bonds. The van der Waals surface area contributed by atoms with Gasteiger partial charge < -0.3 is 5.32 Å². The number of likely N-dealkylation sites (N-methyl/N-ethyl adjacent to an activating group) is 1. The second-order valence-corrected chi connectivity index (χ2v) is 4.63. The van der Waals surface area contributed by atoms with E-state index in [4.69, 9.17) is 11.6 Å². The third-order valence-corrected chi connectivity index (χ3v) is 3.10. The van der Waals surface area contributed by atoms with Crippen LogP contribution in [0.2, 0.25) is 5.02 Å². The molecule has 0 saturated carbocycles. The van der Waals surface area contributed by atoms with Crippen LogP contribution in [0.5, 0.6) is 0 Å². The molecule has 2 aromatic rings. The van der Waals surface area contributed by atoms with Crippen molar-refractivity contribution in [3.05, 3.63) is 64.4 Å². The van der Waals surface area contributed by atoms with Crippen LogP contribution in [0.25, 0.3) is 0 Å². The zero-order chi connectivity index (χ0) is 13.8. The summed E-state index contributed by atoms with van der Waals surface area (Å²) in [6.07, 6.45) is 2.08. The van der Waals surface area contributed by atoms with E-state index in [1.807, 2.05) is 6.07 Å². The SMILES string of the molecule is CNC(Cc1ccc(F)c(F)c1)c1ccc(Cl)cn1. The van der Waals surface area contributed by atoms with E-state index in [0.29, 0.717) is 17.0 Å². The predicted octanol–water partition coefficient (Wildman–Crippen LogP) is 3.52. The lowest BCUT2D eigenvalue weighted by atomic mass is 10.0. The molecule has 100 valence electrons. The molecule has 0 bridgehead atoms. The van der Waals surface area contributed by atoms with Crippen LogP contribution in [-0.4, -0.2) is 12.0 Å². The first-order valence-electron chi connectivity index (χ1n) is 5.83. The van der Waals surface area contributed by atoms with Gasteiger partial charge in [-0.25, -0.2) is 8.78 Å². The van der Waals surface area contributed by atoms with Crippen LogP contribution in [0, 0.1) is 11.6 Å². The summed E-state index contributed by atoms with van der Waals surface area (Å²) in [5.41, 5.74) is 1.51. The Labute approximate surface area is 115 Å². The van der Waals surface area contributed by atoms with Crippen LogP contribution < -0.4 is 5.32 Å². The minimum absolute atomic E-state index is 0.0814. The molecule has 1 atom stereocenters. The van der Waals surface area contributed by atoms with Crippen LogP contribution in [-0.2, 0) is 6.42 Å². The molecule has 0 aliphatic heterocycles. The van der Waals surface area contributed by atoms with Crippen LogP contribution in [0.3, 0.4) is 0 Å². The smallest absolute Gasteiger partial charge is 0.159 e. The maximum Gasteiger partial charge on any atom is 0.159 e. The van der Waals surface area contributed by atoms with Crippen LogP contribution in [0.4, 0.5) is 8.78 Å². The Morgan fingerprint density at radius 2 is 2.00 bits per heavy atom. The summed E-state index contributed by atoms with van der Waals surface area (Å²) in [6, 6.07) is 7.38. The fourth-order valence-corrected chi connectivity index (χ4v) is 1.96. The number of rotatable bonds is 4. The fourth-order valence-electron chi connectivity index (χ4n) is 1.85. The van der Waals surface area contributed by atoms with Crippen molar-refractivity contribution >= 4 is 11.6 Å². The van der Waals surface area contributed by atoms with Crippen molar-refractivity contribution in [2.24, 2.45) is 0 Å². The summed E-state index contributed by atoms with van der Waals surface area (Å²) in [5, 5.41) is 3.66. The molecule has 0 saturated heterocycles. The third kappa shape index (κ3) is 3.49. The lowest BCUT2D eigenvalue weighted by molar-refractivity contribution is 0.504. The Hall–Kier alpha value is -1.52. The first-order chi connectivity index (χ1) is 9.10. The largest absolute Gasteiger partial charge is 0.311 e. The van der Waals surface area contributed by atoms with Crippen LogP contribution in [0.15, 0.2) is 36.5 Å². The minimum atomic E-state index is -0.839. The van der Waals surface area contributed by atoms with Crippen molar-refractivity contribution in [2.45, 2.75) is 12.5 Å². The predicted molar refractivity (Wildman–Crippen MR) is 71.1 cm³/mol. The summed E-state index contributed by atoms with van der Waals surface area (Å²) in [4.78, 5) is 4.22. The van der Waals surface area contributed by atoms with Gasteiger partial charge in [0.2, 0.25) is 0 Å². The van der Waals surface area contributed by atoms with E-state index < -0.39 is 11.6 Å². The second-order valence-electron chi connectivity index (χ2n) is 4.20. The minimum Gasteiger partial charge on any atom is -0.311 e. The maximum atomic E-state index is 13.2. The molecule has 0 fully saturated rings. The summed E-state index contributed by atoms with van der Waals surface area (Å²) in [7, 11) is 1.79. The molecule has 1 N–H and O–H groups in total. The Balaban J connectivity index is 2.18. The molecule has 5 heteroatoms. The number of aromatic nitrogens is 1. The number of pyridine rings is 1. The van der Waals surface area contributed by atoms with Gasteiger partial charge in [-0.1, -0.05) is 17.7 Å². The second kappa shape index (κ2) is 6.08. The Bertz CT molecular complexity index is 558. The van der Waals surface area contributed by atoms with E-state index in [0.717, 1.165) is 11.8 Å². The molecule has 0 aliphatic carbocycles. The first-order valence-corrected chi connectivity index (χ1v) is 6.20. The molecular weight excluding hydrogens is 270 g/mol. The monoisotopic (exact) mass is 282 g/mol. The highest BCUT2D eigenvalue weighted by molar-refractivity contribution is 6.30. The summed E-state index contributed by atoms with van der Waals surface area (Å²) in [5.74, 6) is -1.68. The Kier molecular flexibility index (Phi) is 4.45. The summed E-state index contributed by atoms with van der Waals surface area (Å²) < 4.78 is 26.0. The van der Waals surface area contributed by atoms with Gasteiger partial charge in [-0.15, -0.1) is 0 Å². The molecule has 2 rings (SSSR count). The first kappa shape index (κ1) is 13.9. The van der Waals surface area contributed by atoms with E-state index in [-0.39, 0.29) is 6.04 Å². The highest BCUT2D eigenvalue weighted by Gasteiger charge is 2.13. The topological polar surface area (TPSA) is 24.9 Å². The molecule has 1 aromatic carbocycles. The molecule has 0 aliphatic rings. The van der Waals surface area contributed by atoms with Crippen molar-refractivity contribution < 1.29 is 8.78 Å². The lowest BCUT2D eigenvalue weighted by Gasteiger charge is -2.15. The van der Waals surface area contributed by atoms with Crippen molar-refractivity contribution in [3.8, 4) is 0 Å². The zero-order valence-electron chi connectivity index (χ0n) is 10.3. The normalized spacial score (nSPS) is 12.4. The number of benzene rings is 1. The van der Waals surface area contributed by atoms with Gasteiger partial charge in [0, 0.05) is 6.20 Å². The molecule has 0 spiro atoms. The summed E-state index contributed by atoms with van der Waals surface area (Å²) in [6.45, 7) is 0. The van der Waals surface area contributed by atoms with Gasteiger partial charge in [0.1, 0.15) is 0 Å². The standard InChI is InChI=1S/C14H13ClF2N2/c1-18-14(13-5-3-10(15)8-19-13)7-9-2-4-11(16)12(17)6-9/h2-6,8,14,18H,7H2,1H3. The van der Waals surface area contributed by atoms with E-state index in [9.17, 15) is 8.78 Å². The number of nitrogens with zero attached hydrogens (tertiary/aromatic N) is 1. The third-order valence-electron chi connectivity index (χ3n) is 2.88. The lowest BCUT2D eigenvalue weighted by Crippen LogP contribution is -2.20. The molecule has 2 nitrogen and oxygen atoms in total. The van der Waals surface area contributed by atoms with E-state index in [2.05, 4.69) is 10.3 Å². The fraction of sp³-hybridized carbons (Fsp3) is 0.214. The number of hydrogen-bond acceptors (Lipinski definition) is 2. The highest BCUT2D eigenvalue weighted by Crippen LogP contribution is 2.19. The maximum absolute atomic E-state index is 13.2. The number of nitrogens with one attached hydrogen (secondary N) is 1. The van der Waals surface area contributed by atoms with E-state index >= 15 is 0 Å². The van der Waals surface area contributed by atoms with Gasteiger partial charge in [-0.3, -0.25) is 4.98 Å². The van der Waals surface area contributed by atoms with Crippen molar-refractivity contribution in [1.82, 2.24) is 10.3 Å². The van der Waals surface area contributed by atoms with E-state index in [1.165, 1.54) is 6.07 Å². The van der Waals surface area contributed by atoms with Crippen molar-refractivity contribution in [1.29, 1.82) is 0 Å². The molecule has 19 heavy (non-hydrogen) atoms. The average molecular weight is 283 g/mol. The van der Waals surface area contributed by atoms with Gasteiger partial charge >= 0.3 is 0 Å². The van der Waals surface area contributed by atoms with Gasteiger partial charge in [-0.2, -0.15) is 0 Å². The van der Waals surface area contributed by atoms with Crippen molar-refractivity contribution in [3.63, 3.8) is 0 Å². The van der Waals surface area contributed by atoms with Crippen molar-refractivity contribution in [2.75, 3.05) is 7.05 Å². The number of halogens is 3. The van der Waals surface area contributed by atoms with E-state index in [1.54, 1.807) is 25.4 Å². The Morgan fingerprint density at radius 3 is 2.58 bits per heavy atom. The highest BCUT2D eigenvalue weighted by atomic mass is 35.5. The summed E-state index contributed by atoms with van der Waals surface area (Å²) >= 11 is 5.78. The molecular formula is C14H13ClF2N2. The van der Waals surface area contributed by atoms with Gasteiger partial charge in [0.05, 0.1) is 16.8 Å². The van der Waals surface area contributed by atoms with Crippen LogP contribution >= 0.6 is 11.6 Å². The number of hydrogen-bond donors (Lipinski definition) is 1. The molecule has 0 radical (unpaired) electrons. The molecule has 1 aromatic heterocycles. The molecule has 1 heterocycles. The molecule has 1 unspecified atom stereocenters. The average Bonchev–Trinajstić information content (AvgIpc) is 2.41. The van der Waals surface area contributed by atoms with Gasteiger partial charge in [0.15, 0.2) is 11.6 Å². The van der Waals surface area contributed by atoms with Crippen LogP contribution in [0.1, 0.15) is 17.3 Å². The van der Waals surface area contributed by atoms with Gasteiger partial charge in [0.25, 0.3) is 0 Å².